The van der Waals surface area contributed by atoms with Crippen LogP contribution in [0.25, 0.3) is 0 Å². The lowest BCUT2D eigenvalue weighted by molar-refractivity contribution is -0.270. The minimum atomic E-state index is -2.03. The highest BCUT2D eigenvalue weighted by Gasteiger charge is 2.60. The van der Waals surface area contributed by atoms with Crippen molar-refractivity contribution in [2.75, 3.05) is 0 Å². The lowest BCUT2D eigenvalue weighted by Crippen LogP contribution is -2.86. The number of aliphatic hydroxyl groups excluding tert-OH is 2. The summed E-state index contributed by atoms with van der Waals surface area (Å²) >= 11 is 0. The molecule has 1 aliphatic rings. The molecule has 1 saturated heterocycles. The number of hydrogen-bond acceptors (Lipinski definition) is 7. The van der Waals surface area contributed by atoms with Crippen molar-refractivity contribution >= 4 is 11.8 Å². The molecule has 1 aliphatic heterocycles. The van der Waals surface area contributed by atoms with E-state index < -0.39 is 41.6 Å². The molecule has 0 aliphatic carbocycles. The van der Waals surface area contributed by atoms with Gasteiger partial charge in [-0.25, -0.2) is 0 Å². The van der Waals surface area contributed by atoms with Gasteiger partial charge in [0.2, 0.25) is 11.8 Å². The van der Waals surface area contributed by atoms with Gasteiger partial charge in [-0.15, -0.1) is 0 Å². The van der Waals surface area contributed by atoms with E-state index in [1.807, 2.05) is 0 Å². The molecule has 0 saturated carbocycles. The maximum atomic E-state index is 11.2. The van der Waals surface area contributed by atoms with Crippen LogP contribution in [0.5, 0.6) is 0 Å². The van der Waals surface area contributed by atoms with Crippen LogP contribution in [0.15, 0.2) is 0 Å². The first-order chi connectivity index (χ1) is 8.54. The van der Waals surface area contributed by atoms with Gasteiger partial charge >= 0.3 is 0 Å². The molecule has 1 rings (SSSR count). The van der Waals surface area contributed by atoms with Crippen LogP contribution in [0.3, 0.4) is 0 Å². The fraction of sp³-hybridized carbons (Fsp3) is 0.800. The summed E-state index contributed by atoms with van der Waals surface area (Å²) in [5.41, 5.74) is 7.90. The Labute approximate surface area is 110 Å². The standard InChI is InChI=1S/C10H20N4O5/c1-4-9(11,13-5(2)15)7(17)10(12,8(18)19-4)14-6(3)16/h4,7-8,17-18H,11-12H2,1-3H3,(H,13,15)(H,14,16)/t4-,7+,8?,9+,10+/m1/s1. The Kier molecular flexibility index (Phi) is 4.17. The van der Waals surface area contributed by atoms with Gasteiger partial charge in [-0.3, -0.25) is 9.59 Å². The second kappa shape index (κ2) is 5.02. The van der Waals surface area contributed by atoms with Crippen molar-refractivity contribution in [1.82, 2.24) is 10.6 Å². The third-order valence-corrected chi connectivity index (χ3v) is 3.10. The van der Waals surface area contributed by atoms with Crippen LogP contribution in [0.2, 0.25) is 0 Å². The summed E-state index contributed by atoms with van der Waals surface area (Å²) in [6, 6.07) is 0. The molecule has 2 amide bonds. The zero-order valence-electron chi connectivity index (χ0n) is 11.0. The molecule has 8 N–H and O–H groups in total. The highest BCUT2D eigenvalue weighted by molar-refractivity contribution is 5.75. The topological polar surface area (TPSA) is 160 Å². The van der Waals surface area contributed by atoms with Crippen LogP contribution in [0, 0.1) is 0 Å². The summed E-state index contributed by atoms with van der Waals surface area (Å²) in [7, 11) is 0. The number of nitrogens with one attached hydrogen (secondary N) is 2. The number of carbonyl (C=O) groups is 2. The summed E-state index contributed by atoms with van der Waals surface area (Å²) < 4.78 is 5.11. The van der Waals surface area contributed by atoms with Crippen LogP contribution < -0.4 is 22.1 Å². The van der Waals surface area contributed by atoms with E-state index in [0.29, 0.717) is 0 Å². The summed E-state index contributed by atoms with van der Waals surface area (Å²) in [4.78, 5) is 22.3. The Hall–Kier alpha value is -1.26. The van der Waals surface area contributed by atoms with Crippen molar-refractivity contribution in [2.45, 2.75) is 50.6 Å². The SMILES string of the molecule is CC(=O)N[C@@]1(N)[C@@H](C)OC(O)[C@@](N)(NC(C)=O)[C@H]1O. The van der Waals surface area contributed by atoms with Gasteiger partial charge in [0.15, 0.2) is 12.0 Å². The van der Waals surface area contributed by atoms with E-state index in [1.165, 1.54) is 13.8 Å². The lowest BCUT2D eigenvalue weighted by Gasteiger charge is -2.53. The van der Waals surface area contributed by atoms with Crippen molar-refractivity contribution < 1.29 is 24.5 Å². The normalized spacial score (nSPS) is 42.6. The molecule has 0 spiro atoms. The molecule has 0 aromatic heterocycles. The van der Waals surface area contributed by atoms with E-state index >= 15 is 0 Å². The Morgan fingerprint density at radius 1 is 1.11 bits per heavy atom. The second-order valence-corrected chi connectivity index (χ2v) is 4.76. The monoisotopic (exact) mass is 276 g/mol. The first-order valence-electron chi connectivity index (χ1n) is 5.71. The Morgan fingerprint density at radius 2 is 1.53 bits per heavy atom. The lowest BCUT2D eigenvalue weighted by atomic mass is 9.84. The van der Waals surface area contributed by atoms with Crippen LogP contribution >= 0.6 is 0 Å². The highest BCUT2D eigenvalue weighted by Crippen LogP contribution is 2.29. The zero-order valence-corrected chi connectivity index (χ0v) is 11.0. The average molecular weight is 276 g/mol. The summed E-state index contributed by atoms with van der Waals surface area (Å²) in [6.45, 7) is 3.81. The predicted octanol–water partition coefficient (Wildman–Crippen LogP) is -3.33. The molecule has 0 aromatic carbocycles. The largest absolute Gasteiger partial charge is 0.385 e. The smallest absolute Gasteiger partial charge is 0.218 e. The minimum Gasteiger partial charge on any atom is -0.385 e. The molecule has 5 atom stereocenters. The van der Waals surface area contributed by atoms with Crippen LogP contribution in [0.1, 0.15) is 20.8 Å². The van der Waals surface area contributed by atoms with Crippen molar-refractivity contribution in [3.05, 3.63) is 0 Å². The maximum Gasteiger partial charge on any atom is 0.218 e. The first kappa shape index (κ1) is 15.8. The molecule has 1 fully saturated rings. The van der Waals surface area contributed by atoms with Crippen LogP contribution in [-0.4, -0.2) is 51.9 Å². The molecule has 1 heterocycles. The number of ether oxygens (including phenoxy) is 1. The predicted molar refractivity (Wildman–Crippen MR) is 64.0 cm³/mol. The second-order valence-electron chi connectivity index (χ2n) is 4.76. The fourth-order valence-electron chi connectivity index (χ4n) is 2.08. The Balaban J connectivity index is 3.14. The Bertz CT molecular complexity index is 358. The quantitative estimate of drug-likeness (QED) is 0.287. The van der Waals surface area contributed by atoms with E-state index in [1.54, 1.807) is 0 Å². The number of rotatable bonds is 2. The van der Waals surface area contributed by atoms with E-state index in [-0.39, 0.29) is 0 Å². The molecule has 19 heavy (non-hydrogen) atoms. The third-order valence-electron chi connectivity index (χ3n) is 3.10. The molecular weight excluding hydrogens is 256 g/mol. The number of nitrogens with two attached hydrogens (primary N) is 2. The van der Waals surface area contributed by atoms with Gasteiger partial charge in [0, 0.05) is 13.8 Å². The molecule has 0 bridgehead atoms. The van der Waals surface area contributed by atoms with Gasteiger partial charge in [0.25, 0.3) is 0 Å². The minimum absolute atomic E-state index is 0.515. The van der Waals surface area contributed by atoms with Gasteiger partial charge in [0.1, 0.15) is 11.8 Å². The number of aliphatic hydroxyl groups is 2. The van der Waals surface area contributed by atoms with E-state index in [2.05, 4.69) is 10.6 Å². The zero-order chi connectivity index (χ0) is 15.0. The Morgan fingerprint density at radius 3 is 1.95 bits per heavy atom. The molecule has 9 heteroatoms. The van der Waals surface area contributed by atoms with Gasteiger partial charge < -0.3 is 37.1 Å². The van der Waals surface area contributed by atoms with Crippen molar-refractivity contribution in [2.24, 2.45) is 11.5 Å². The molecular formula is C10H20N4O5. The van der Waals surface area contributed by atoms with Gasteiger partial charge in [-0.05, 0) is 6.92 Å². The van der Waals surface area contributed by atoms with Crippen LogP contribution in [0.4, 0.5) is 0 Å². The number of hydrogen-bond donors (Lipinski definition) is 6. The molecule has 0 radical (unpaired) electrons. The summed E-state index contributed by atoms with van der Waals surface area (Å²) in [6.07, 6.45) is -4.26. The summed E-state index contributed by atoms with van der Waals surface area (Å²) in [5.74, 6) is -1.11. The van der Waals surface area contributed by atoms with Gasteiger partial charge in [0.05, 0.1) is 6.10 Å². The third kappa shape index (κ3) is 2.69. The van der Waals surface area contributed by atoms with Gasteiger partial charge in [-0.2, -0.15) is 0 Å². The van der Waals surface area contributed by atoms with Crippen molar-refractivity contribution in [3.63, 3.8) is 0 Å². The molecule has 0 aromatic rings. The van der Waals surface area contributed by atoms with Crippen LogP contribution in [-0.2, 0) is 14.3 Å². The van der Waals surface area contributed by atoms with E-state index in [0.717, 1.165) is 6.92 Å². The van der Waals surface area contributed by atoms with Gasteiger partial charge in [-0.1, -0.05) is 0 Å². The molecule has 1 unspecified atom stereocenters. The number of amides is 2. The highest BCUT2D eigenvalue weighted by atomic mass is 16.6. The van der Waals surface area contributed by atoms with E-state index in [9.17, 15) is 19.8 Å². The molecule has 9 nitrogen and oxygen atoms in total. The van der Waals surface area contributed by atoms with Crippen molar-refractivity contribution in [3.8, 4) is 0 Å². The summed E-state index contributed by atoms with van der Waals surface area (Å²) in [5, 5.41) is 24.6. The van der Waals surface area contributed by atoms with E-state index in [4.69, 9.17) is 16.2 Å². The molecule has 110 valence electrons. The fourth-order valence-corrected chi connectivity index (χ4v) is 2.08. The first-order valence-corrected chi connectivity index (χ1v) is 5.71. The maximum absolute atomic E-state index is 11.2. The van der Waals surface area contributed by atoms with Crippen molar-refractivity contribution in [1.29, 1.82) is 0 Å². The number of carbonyl (C=O) groups excluding carboxylic acids is 2. The average Bonchev–Trinajstić information content (AvgIpc) is 2.23.